The number of ether oxygens (including phenoxy) is 4. The molecule has 34 heavy (non-hydrogen) atoms. The zero-order chi connectivity index (χ0) is 23.9. The maximum absolute atomic E-state index is 9.82. The number of nitrogens with zero attached hydrogens (tertiary/aromatic N) is 3. The molecule has 0 saturated heterocycles. The Bertz CT molecular complexity index is 1330. The van der Waals surface area contributed by atoms with E-state index in [0.29, 0.717) is 53.6 Å². The van der Waals surface area contributed by atoms with Crippen molar-refractivity contribution in [3.8, 4) is 29.2 Å². The Balaban J connectivity index is 1.53. The van der Waals surface area contributed by atoms with Crippen molar-refractivity contribution >= 4 is 11.0 Å². The van der Waals surface area contributed by atoms with Crippen LogP contribution in [0.4, 0.5) is 0 Å². The largest absolute Gasteiger partial charge is 0.494 e. The number of fused-ring (bicyclic) bond motifs is 1. The van der Waals surface area contributed by atoms with Gasteiger partial charge in [0.15, 0.2) is 11.5 Å². The first-order valence-electron chi connectivity index (χ1n) is 10.9. The maximum atomic E-state index is 9.82. The van der Waals surface area contributed by atoms with Crippen molar-refractivity contribution in [2.45, 2.75) is 20.0 Å². The number of nitriles is 1. The third-order valence-electron chi connectivity index (χ3n) is 5.35. The van der Waals surface area contributed by atoms with Crippen molar-refractivity contribution in [3.05, 3.63) is 83.0 Å². The molecule has 3 aromatic carbocycles. The van der Waals surface area contributed by atoms with Gasteiger partial charge in [0.25, 0.3) is 0 Å². The quantitative estimate of drug-likeness (QED) is 0.347. The van der Waals surface area contributed by atoms with Crippen LogP contribution in [0.15, 0.2) is 60.8 Å². The van der Waals surface area contributed by atoms with Crippen LogP contribution in [0.5, 0.6) is 23.1 Å². The predicted molar refractivity (Wildman–Crippen MR) is 129 cm³/mol. The monoisotopic (exact) mass is 455 g/mol. The molecule has 1 heterocycles. The van der Waals surface area contributed by atoms with Crippen LogP contribution in [-0.4, -0.2) is 30.8 Å². The molecule has 0 bridgehead atoms. The minimum absolute atomic E-state index is 0.372. The lowest BCUT2D eigenvalue weighted by Crippen LogP contribution is -2.00. The topological polar surface area (TPSA) is 86.5 Å². The highest BCUT2D eigenvalue weighted by molar-refractivity contribution is 5.82. The first-order chi connectivity index (χ1) is 16.6. The molecule has 7 nitrogen and oxygen atoms in total. The molecule has 0 aliphatic rings. The molecule has 4 aromatic rings. The van der Waals surface area contributed by atoms with E-state index in [1.54, 1.807) is 13.3 Å². The first-order valence-corrected chi connectivity index (χ1v) is 10.9. The van der Waals surface area contributed by atoms with Crippen LogP contribution in [0.3, 0.4) is 0 Å². The number of rotatable bonds is 9. The number of benzene rings is 3. The van der Waals surface area contributed by atoms with Crippen molar-refractivity contribution in [2.24, 2.45) is 0 Å². The summed E-state index contributed by atoms with van der Waals surface area (Å²) in [6.07, 6.45) is 2.08. The van der Waals surface area contributed by atoms with Crippen LogP contribution >= 0.6 is 0 Å². The van der Waals surface area contributed by atoms with Crippen LogP contribution in [0.25, 0.3) is 11.0 Å². The maximum Gasteiger partial charge on any atom is 0.232 e. The second-order valence-corrected chi connectivity index (χ2v) is 7.52. The van der Waals surface area contributed by atoms with Gasteiger partial charge in [0.05, 0.1) is 38.1 Å². The van der Waals surface area contributed by atoms with Crippen LogP contribution in [0, 0.1) is 11.3 Å². The molecule has 7 heteroatoms. The normalized spacial score (nSPS) is 10.5. The SMILES string of the molecule is CCOc1ccc(COc2ccc(Cc3ccc4ncc(OC)nc4c3C#N)cc2OC)cc1. The summed E-state index contributed by atoms with van der Waals surface area (Å²) in [6.45, 7) is 3.00. The highest BCUT2D eigenvalue weighted by Crippen LogP contribution is 2.31. The van der Waals surface area contributed by atoms with E-state index in [0.717, 1.165) is 22.4 Å². The molecular weight excluding hydrogens is 430 g/mol. The highest BCUT2D eigenvalue weighted by Gasteiger charge is 2.13. The molecular formula is C27H25N3O4. The molecule has 0 saturated carbocycles. The van der Waals surface area contributed by atoms with E-state index in [2.05, 4.69) is 16.0 Å². The van der Waals surface area contributed by atoms with Gasteiger partial charge in [-0.3, -0.25) is 0 Å². The predicted octanol–water partition coefficient (Wildman–Crippen LogP) is 5.09. The molecule has 0 aliphatic carbocycles. The fourth-order valence-electron chi connectivity index (χ4n) is 3.64. The van der Waals surface area contributed by atoms with Crippen molar-refractivity contribution < 1.29 is 18.9 Å². The summed E-state index contributed by atoms with van der Waals surface area (Å²) < 4.78 is 22.2. The van der Waals surface area contributed by atoms with Gasteiger partial charge in [0.1, 0.15) is 23.9 Å². The summed E-state index contributed by atoms with van der Waals surface area (Å²) in [5.74, 6) is 2.49. The summed E-state index contributed by atoms with van der Waals surface area (Å²) in [6, 6.07) is 19.7. The number of aromatic nitrogens is 2. The van der Waals surface area contributed by atoms with Crippen molar-refractivity contribution in [2.75, 3.05) is 20.8 Å². The molecule has 0 atom stereocenters. The second-order valence-electron chi connectivity index (χ2n) is 7.52. The Kier molecular flexibility index (Phi) is 7.09. The Morgan fingerprint density at radius 1 is 0.882 bits per heavy atom. The van der Waals surface area contributed by atoms with E-state index in [1.165, 1.54) is 7.11 Å². The fraction of sp³-hybridized carbons (Fsp3) is 0.222. The lowest BCUT2D eigenvalue weighted by Gasteiger charge is -2.13. The average molecular weight is 456 g/mol. The average Bonchev–Trinajstić information content (AvgIpc) is 2.88. The number of hydrogen-bond acceptors (Lipinski definition) is 7. The van der Waals surface area contributed by atoms with Crippen molar-refractivity contribution in [3.63, 3.8) is 0 Å². The van der Waals surface area contributed by atoms with Crippen molar-refractivity contribution in [1.29, 1.82) is 5.26 Å². The number of hydrogen-bond donors (Lipinski definition) is 0. The van der Waals surface area contributed by atoms with E-state index in [9.17, 15) is 5.26 Å². The Morgan fingerprint density at radius 2 is 1.68 bits per heavy atom. The van der Waals surface area contributed by atoms with Gasteiger partial charge in [-0.1, -0.05) is 24.3 Å². The van der Waals surface area contributed by atoms with Crippen LogP contribution in [0.1, 0.15) is 29.2 Å². The lowest BCUT2D eigenvalue weighted by atomic mass is 9.98. The van der Waals surface area contributed by atoms with E-state index in [1.807, 2.05) is 61.5 Å². The molecule has 0 N–H and O–H groups in total. The Morgan fingerprint density at radius 3 is 2.38 bits per heavy atom. The molecule has 0 spiro atoms. The van der Waals surface area contributed by atoms with Crippen LogP contribution in [0.2, 0.25) is 0 Å². The van der Waals surface area contributed by atoms with Gasteiger partial charge in [-0.05, 0) is 60.4 Å². The lowest BCUT2D eigenvalue weighted by molar-refractivity contribution is 0.284. The van der Waals surface area contributed by atoms with E-state index in [4.69, 9.17) is 18.9 Å². The van der Waals surface area contributed by atoms with Gasteiger partial charge in [-0.25, -0.2) is 9.97 Å². The molecule has 1 aromatic heterocycles. The summed E-state index contributed by atoms with van der Waals surface area (Å²) in [5, 5.41) is 9.82. The van der Waals surface area contributed by atoms with Gasteiger partial charge in [0, 0.05) is 0 Å². The van der Waals surface area contributed by atoms with E-state index < -0.39 is 0 Å². The van der Waals surface area contributed by atoms with Crippen LogP contribution in [-0.2, 0) is 13.0 Å². The molecule has 4 rings (SSSR count). The number of methoxy groups -OCH3 is 2. The smallest absolute Gasteiger partial charge is 0.232 e. The van der Waals surface area contributed by atoms with Gasteiger partial charge in [-0.2, -0.15) is 5.26 Å². The van der Waals surface area contributed by atoms with Crippen molar-refractivity contribution in [1.82, 2.24) is 9.97 Å². The molecule has 0 fully saturated rings. The Hall–Kier alpha value is -4.31. The summed E-state index contributed by atoms with van der Waals surface area (Å²) >= 11 is 0. The van der Waals surface area contributed by atoms with E-state index >= 15 is 0 Å². The molecule has 0 amide bonds. The second kappa shape index (κ2) is 10.5. The summed E-state index contributed by atoms with van der Waals surface area (Å²) in [5.41, 5.74) is 4.53. The summed E-state index contributed by atoms with van der Waals surface area (Å²) in [7, 11) is 3.14. The minimum Gasteiger partial charge on any atom is -0.494 e. The van der Waals surface area contributed by atoms with Gasteiger partial charge in [0.2, 0.25) is 5.88 Å². The van der Waals surface area contributed by atoms with Crippen LogP contribution < -0.4 is 18.9 Å². The third-order valence-corrected chi connectivity index (χ3v) is 5.35. The minimum atomic E-state index is 0.372. The molecule has 0 unspecified atom stereocenters. The summed E-state index contributed by atoms with van der Waals surface area (Å²) in [4.78, 5) is 8.75. The molecule has 0 aliphatic heterocycles. The highest BCUT2D eigenvalue weighted by atomic mass is 16.5. The van der Waals surface area contributed by atoms with Gasteiger partial charge in [-0.15, -0.1) is 0 Å². The fourth-order valence-corrected chi connectivity index (χ4v) is 3.64. The first kappa shape index (κ1) is 22.9. The molecule has 0 radical (unpaired) electrons. The standard InChI is InChI=1S/C27H25N3O4/c1-4-33-21-9-5-18(6-10-21)17-34-24-12-7-19(14-25(24)31-2)13-20-8-11-23-27(22(20)15-28)30-26(32-3)16-29-23/h5-12,14,16H,4,13,17H2,1-3H3. The zero-order valence-corrected chi connectivity index (χ0v) is 19.4. The van der Waals surface area contributed by atoms with E-state index in [-0.39, 0.29) is 0 Å². The Labute approximate surface area is 198 Å². The zero-order valence-electron chi connectivity index (χ0n) is 19.4. The van der Waals surface area contributed by atoms with Gasteiger partial charge >= 0.3 is 0 Å². The molecule has 172 valence electrons. The van der Waals surface area contributed by atoms with Gasteiger partial charge < -0.3 is 18.9 Å². The third kappa shape index (κ3) is 5.02.